The van der Waals surface area contributed by atoms with Crippen molar-refractivity contribution in [2.75, 3.05) is 45.0 Å². The third-order valence-corrected chi connectivity index (χ3v) is 7.43. The highest BCUT2D eigenvalue weighted by Gasteiger charge is 2.31. The minimum absolute atomic E-state index is 0.0734. The largest absolute Gasteiger partial charge is 0.493 e. The van der Waals surface area contributed by atoms with Crippen molar-refractivity contribution in [3.8, 4) is 11.5 Å². The molecular weight excluding hydrogens is 525 g/mol. The van der Waals surface area contributed by atoms with Crippen LogP contribution < -0.4 is 14.8 Å². The molecule has 1 aromatic heterocycles. The van der Waals surface area contributed by atoms with Gasteiger partial charge in [0.1, 0.15) is 24.4 Å². The van der Waals surface area contributed by atoms with Crippen LogP contribution in [0.4, 0.5) is 19.0 Å². The minimum Gasteiger partial charge on any atom is -0.493 e. The number of nitrogens with one attached hydrogen (secondary N) is 1. The summed E-state index contributed by atoms with van der Waals surface area (Å²) in [6.07, 6.45) is -3.77. The van der Waals surface area contributed by atoms with Crippen molar-refractivity contribution in [2.45, 2.75) is 32.2 Å². The van der Waals surface area contributed by atoms with Crippen molar-refractivity contribution in [3.63, 3.8) is 0 Å². The van der Waals surface area contributed by atoms with E-state index in [1.165, 1.54) is 17.5 Å². The molecule has 0 radical (unpaired) electrons. The van der Waals surface area contributed by atoms with E-state index in [4.69, 9.17) is 14.2 Å². The fraction of sp³-hybridized carbons (Fsp3) is 0.440. The van der Waals surface area contributed by atoms with Gasteiger partial charge in [-0.1, -0.05) is 12.1 Å². The van der Waals surface area contributed by atoms with Crippen LogP contribution in [0, 0.1) is 6.92 Å². The number of hydrogen-bond acceptors (Lipinski definition) is 8. The van der Waals surface area contributed by atoms with Gasteiger partial charge in [0.15, 0.2) is 11.5 Å². The summed E-state index contributed by atoms with van der Waals surface area (Å²) in [5.74, 6) is 1.65. The van der Waals surface area contributed by atoms with Gasteiger partial charge in [-0.05, 0) is 37.6 Å². The average Bonchev–Trinajstić information content (AvgIpc) is 2.86. The van der Waals surface area contributed by atoms with E-state index in [-0.39, 0.29) is 26.3 Å². The smallest absolute Gasteiger partial charge is 0.416 e. The lowest BCUT2D eigenvalue weighted by molar-refractivity contribution is -0.137. The number of anilines is 1. The Kier molecular flexibility index (Phi) is 8.00. The zero-order valence-electron chi connectivity index (χ0n) is 21.4. The summed E-state index contributed by atoms with van der Waals surface area (Å²) < 4.78 is 81.9. The van der Waals surface area contributed by atoms with E-state index in [0.29, 0.717) is 39.6 Å². The van der Waals surface area contributed by atoms with Crippen molar-refractivity contribution in [2.24, 2.45) is 0 Å². The number of morpholine rings is 1. The van der Waals surface area contributed by atoms with Crippen molar-refractivity contribution in [1.82, 2.24) is 14.3 Å². The zero-order valence-corrected chi connectivity index (χ0v) is 22.2. The van der Waals surface area contributed by atoms with Crippen LogP contribution in [-0.2, 0) is 20.9 Å². The lowest BCUT2D eigenvalue weighted by Gasteiger charge is -2.31. The molecule has 206 valence electrons. The van der Waals surface area contributed by atoms with Gasteiger partial charge in [0.05, 0.1) is 31.1 Å². The Morgan fingerprint density at radius 3 is 2.66 bits per heavy atom. The maximum atomic E-state index is 13.2. The molecule has 0 saturated carbocycles. The molecule has 2 heterocycles. The Morgan fingerprint density at radius 1 is 1.21 bits per heavy atom. The molecular formula is C25H29F3N4O5S. The molecule has 1 fully saturated rings. The molecule has 1 saturated heterocycles. The molecule has 0 unspecified atom stereocenters. The number of fused-ring (bicyclic) bond motifs is 1. The Labute approximate surface area is 219 Å². The molecule has 2 aromatic carbocycles. The van der Waals surface area contributed by atoms with Gasteiger partial charge in [-0.15, -0.1) is 0 Å². The quantitative estimate of drug-likeness (QED) is 0.443. The molecule has 4 rings (SSSR count). The molecule has 38 heavy (non-hydrogen) atoms. The lowest BCUT2D eigenvalue weighted by Crippen LogP contribution is -2.47. The molecule has 13 heteroatoms. The first-order valence-corrected chi connectivity index (χ1v) is 13.7. The number of alkyl halides is 3. The summed E-state index contributed by atoms with van der Waals surface area (Å²) in [5, 5.41) is 3.78. The van der Waals surface area contributed by atoms with Gasteiger partial charge in [-0.3, -0.25) is 0 Å². The standard InChI is InChI=1S/C25H29F3N4O5S/c1-15(17-6-5-7-18(10-17)25(26,27)28)29-24-20-11-23(22(35-3)12-21(20)30-16(2)31-24)37-14-19-13-32(8-9-36-19)38(4,33)34/h5-7,10-12,15,19H,8-9,13-14H2,1-4H3,(H,29,30,31)/t15-,19-/m1/s1. The number of rotatable bonds is 8. The van der Waals surface area contributed by atoms with E-state index < -0.39 is 33.9 Å². The van der Waals surface area contributed by atoms with Crippen molar-refractivity contribution in [1.29, 1.82) is 0 Å². The summed E-state index contributed by atoms with van der Waals surface area (Å²) in [4.78, 5) is 8.95. The summed E-state index contributed by atoms with van der Waals surface area (Å²) >= 11 is 0. The molecule has 0 bridgehead atoms. The zero-order chi connectivity index (χ0) is 27.7. The van der Waals surface area contributed by atoms with Crippen LogP contribution >= 0.6 is 0 Å². The summed E-state index contributed by atoms with van der Waals surface area (Å²) in [5.41, 5.74) is 0.267. The first kappa shape index (κ1) is 27.9. The Hall–Kier alpha value is -3.16. The van der Waals surface area contributed by atoms with E-state index in [9.17, 15) is 21.6 Å². The number of hydrogen-bond donors (Lipinski definition) is 1. The monoisotopic (exact) mass is 554 g/mol. The Balaban J connectivity index is 1.61. The molecule has 0 amide bonds. The highest BCUT2D eigenvalue weighted by atomic mass is 32.2. The maximum absolute atomic E-state index is 13.2. The fourth-order valence-electron chi connectivity index (χ4n) is 4.18. The van der Waals surface area contributed by atoms with Gasteiger partial charge in [0, 0.05) is 30.6 Å². The van der Waals surface area contributed by atoms with Crippen LogP contribution in [-0.4, -0.2) is 68.5 Å². The number of nitrogens with zero attached hydrogens (tertiary/aromatic N) is 3. The lowest BCUT2D eigenvalue weighted by atomic mass is 10.0. The highest BCUT2D eigenvalue weighted by Crippen LogP contribution is 2.36. The second-order valence-corrected chi connectivity index (χ2v) is 11.0. The van der Waals surface area contributed by atoms with E-state index in [1.807, 2.05) is 0 Å². The number of sulfonamides is 1. The molecule has 3 aromatic rings. The molecule has 0 aliphatic carbocycles. The van der Waals surface area contributed by atoms with Crippen molar-refractivity contribution < 1.29 is 35.8 Å². The number of ether oxygens (including phenoxy) is 3. The second kappa shape index (κ2) is 10.9. The number of aromatic nitrogens is 2. The van der Waals surface area contributed by atoms with Gasteiger partial charge in [-0.25, -0.2) is 18.4 Å². The van der Waals surface area contributed by atoms with Crippen LogP contribution in [0.15, 0.2) is 36.4 Å². The van der Waals surface area contributed by atoms with E-state index in [0.717, 1.165) is 18.4 Å². The Morgan fingerprint density at radius 2 is 1.97 bits per heavy atom. The SMILES string of the molecule is COc1cc2nc(C)nc(N[C@H](C)c3cccc(C(F)(F)F)c3)c2cc1OC[C@H]1CN(S(C)(=O)=O)CCO1. The van der Waals surface area contributed by atoms with Gasteiger partial charge < -0.3 is 19.5 Å². The fourth-order valence-corrected chi connectivity index (χ4v) is 5.03. The van der Waals surface area contributed by atoms with E-state index >= 15 is 0 Å². The first-order chi connectivity index (χ1) is 17.8. The average molecular weight is 555 g/mol. The van der Waals surface area contributed by atoms with Crippen LogP contribution in [0.3, 0.4) is 0 Å². The van der Waals surface area contributed by atoms with Crippen LogP contribution in [0.2, 0.25) is 0 Å². The van der Waals surface area contributed by atoms with E-state index in [1.54, 1.807) is 32.0 Å². The molecule has 0 spiro atoms. The molecule has 1 N–H and O–H groups in total. The van der Waals surface area contributed by atoms with Gasteiger partial charge in [0.2, 0.25) is 10.0 Å². The van der Waals surface area contributed by atoms with Crippen LogP contribution in [0.1, 0.15) is 29.9 Å². The predicted molar refractivity (Wildman–Crippen MR) is 136 cm³/mol. The van der Waals surface area contributed by atoms with Gasteiger partial charge >= 0.3 is 6.18 Å². The third kappa shape index (κ3) is 6.45. The molecule has 1 aliphatic rings. The molecule has 1 aliphatic heterocycles. The number of aryl methyl sites for hydroxylation is 1. The summed E-state index contributed by atoms with van der Waals surface area (Å²) in [7, 11) is -1.87. The van der Waals surface area contributed by atoms with E-state index in [2.05, 4.69) is 15.3 Å². The Bertz CT molecular complexity index is 1420. The predicted octanol–water partition coefficient (Wildman–Crippen LogP) is 4.18. The molecule has 9 nitrogen and oxygen atoms in total. The number of halogens is 3. The van der Waals surface area contributed by atoms with Gasteiger partial charge in [-0.2, -0.15) is 17.5 Å². The minimum atomic E-state index is -4.45. The van der Waals surface area contributed by atoms with Crippen LogP contribution in [0.5, 0.6) is 11.5 Å². The number of methoxy groups -OCH3 is 1. The maximum Gasteiger partial charge on any atom is 0.416 e. The van der Waals surface area contributed by atoms with Gasteiger partial charge in [0.25, 0.3) is 0 Å². The summed E-state index contributed by atoms with van der Waals surface area (Å²) in [6, 6.07) is 7.99. The number of benzene rings is 2. The highest BCUT2D eigenvalue weighted by molar-refractivity contribution is 7.88. The topological polar surface area (TPSA) is 103 Å². The third-order valence-electron chi connectivity index (χ3n) is 6.16. The molecule has 2 atom stereocenters. The van der Waals surface area contributed by atoms with Crippen LogP contribution in [0.25, 0.3) is 10.9 Å². The summed E-state index contributed by atoms with van der Waals surface area (Å²) in [6.45, 7) is 4.23. The normalized spacial score (nSPS) is 17.8. The van der Waals surface area contributed by atoms with Crippen molar-refractivity contribution in [3.05, 3.63) is 53.3 Å². The second-order valence-electron chi connectivity index (χ2n) is 9.05. The van der Waals surface area contributed by atoms with Crippen molar-refractivity contribution >= 4 is 26.7 Å². The first-order valence-electron chi connectivity index (χ1n) is 11.8.